The number of aromatic nitrogens is 2. The molecule has 2 aromatic rings. The van der Waals surface area contributed by atoms with Gasteiger partial charge in [-0.25, -0.2) is 4.98 Å². The van der Waals surface area contributed by atoms with Crippen molar-refractivity contribution in [2.75, 3.05) is 0 Å². The Bertz CT molecular complexity index is 680. The minimum absolute atomic E-state index is 0.0254. The van der Waals surface area contributed by atoms with Gasteiger partial charge in [0.1, 0.15) is 0 Å². The largest absolute Gasteiger partial charge is 0.351 e. The normalized spacial score (nSPS) is 13.0. The van der Waals surface area contributed by atoms with Crippen LogP contribution in [0.2, 0.25) is 0 Å². The lowest BCUT2D eigenvalue weighted by molar-refractivity contribution is -0.121. The third-order valence-corrected chi connectivity index (χ3v) is 4.32. The summed E-state index contributed by atoms with van der Waals surface area (Å²) in [5.74, 6) is 0.0254. The fraction of sp³-hybridized carbons (Fsp3) is 0.444. The molecule has 1 heterocycles. The molecule has 1 aromatic carbocycles. The monoisotopic (exact) mass is 331 g/mol. The van der Waals surface area contributed by atoms with E-state index >= 15 is 0 Å². The van der Waals surface area contributed by atoms with Crippen LogP contribution in [0.15, 0.2) is 35.7 Å². The molecule has 0 fully saturated rings. The van der Waals surface area contributed by atoms with E-state index in [-0.39, 0.29) is 16.7 Å². The summed E-state index contributed by atoms with van der Waals surface area (Å²) in [5.41, 5.74) is 3.27. The molecule has 0 bridgehead atoms. The molecule has 0 aliphatic heterocycles. The number of amides is 1. The van der Waals surface area contributed by atoms with E-state index in [1.54, 1.807) is 6.20 Å². The molecule has 2 rings (SSSR count). The molecule has 4 nitrogen and oxygen atoms in total. The van der Waals surface area contributed by atoms with Gasteiger partial charge in [0, 0.05) is 23.6 Å². The topological polar surface area (TPSA) is 46.9 Å². The number of thioether (sulfide) groups is 1. The van der Waals surface area contributed by atoms with Crippen molar-refractivity contribution < 1.29 is 4.79 Å². The average Bonchev–Trinajstić information content (AvgIpc) is 2.83. The quantitative estimate of drug-likeness (QED) is 0.865. The van der Waals surface area contributed by atoms with Gasteiger partial charge in [-0.05, 0) is 64.8 Å². The van der Waals surface area contributed by atoms with Gasteiger partial charge >= 0.3 is 0 Å². The molecule has 1 atom stereocenters. The Kier molecular flexibility index (Phi) is 5.19. The fourth-order valence-corrected chi connectivity index (χ4v) is 3.23. The van der Waals surface area contributed by atoms with Crippen LogP contribution in [0.25, 0.3) is 5.69 Å². The minimum Gasteiger partial charge on any atom is -0.351 e. The van der Waals surface area contributed by atoms with Crippen LogP contribution < -0.4 is 5.32 Å². The van der Waals surface area contributed by atoms with Crippen LogP contribution >= 0.6 is 11.8 Å². The van der Waals surface area contributed by atoms with Crippen molar-refractivity contribution in [3.8, 4) is 5.69 Å². The Morgan fingerprint density at radius 1 is 1.22 bits per heavy atom. The molecule has 0 saturated heterocycles. The van der Waals surface area contributed by atoms with E-state index in [1.807, 2.05) is 38.5 Å². The van der Waals surface area contributed by atoms with E-state index in [0.29, 0.717) is 0 Å². The lowest BCUT2D eigenvalue weighted by Gasteiger charge is -2.23. The van der Waals surface area contributed by atoms with Gasteiger partial charge in [0.15, 0.2) is 5.16 Å². The second-order valence-electron chi connectivity index (χ2n) is 6.93. The van der Waals surface area contributed by atoms with Crippen LogP contribution in [0.4, 0.5) is 0 Å². The van der Waals surface area contributed by atoms with Gasteiger partial charge in [0.2, 0.25) is 5.91 Å². The summed E-state index contributed by atoms with van der Waals surface area (Å²) in [7, 11) is 0. The van der Waals surface area contributed by atoms with Gasteiger partial charge in [0.25, 0.3) is 0 Å². The van der Waals surface area contributed by atoms with Gasteiger partial charge < -0.3 is 5.32 Å². The second kappa shape index (κ2) is 6.79. The fourth-order valence-electron chi connectivity index (χ4n) is 2.35. The van der Waals surface area contributed by atoms with Crippen molar-refractivity contribution in [3.05, 3.63) is 41.7 Å². The molecule has 23 heavy (non-hydrogen) atoms. The maximum absolute atomic E-state index is 12.3. The Morgan fingerprint density at radius 3 is 2.39 bits per heavy atom. The van der Waals surface area contributed by atoms with Crippen LogP contribution in [-0.4, -0.2) is 26.2 Å². The van der Waals surface area contributed by atoms with Crippen LogP contribution in [0.1, 0.15) is 38.8 Å². The van der Waals surface area contributed by atoms with Crippen molar-refractivity contribution in [1.82, 2.24) is 14.9 Å². The van der Waals surface area contributed by atoms with E-state index in [4.69, 9.17) is 0 Å². The zero-order chi connectivity index (χ0) is 17.2. The van der Waals surface area contributed by atoms with Gasteiger partial charge in [-0.1, -0.05) is 17.8 Å². The Morgan fingerprint density at radius 2 is 1.83 bits per heavy atom. The zero-order valence-electron chi connectivity index (χ0n) is 14.7. The Balaban J connectivity index is 2.20. The molecule has 5 heteroatoms. The number of hydrogen-bond acceptors (Lipinski definition) is 3. The Hall–Kier alpha value is -1.75. The lowest BCUT2D eigenvalue weighted by atomic mass is 10.1. The number of nitrogens with one attached hydrogen (secondary N) is 1. The third kappa shape index (κ3) is 4.86. The van der Waals surface area contributed by atoms with Gasteiger partial charge in [-0.2, -0.15) is 0 Å². The van der Waals surface area contributed by atoms with E-state index in [9.17, 15) is 4.79 Å². The third-order valence-electron chi connectivity index (χ3n) is 3.24. The molecule has 124 valence electrons. The molecule has 1 aromatic heterocycles. The molecular formula is C18H25N3OS. The SMILES string of the molecule is Cc1cc(C)cc(-n2ccnc2SC(C)C(=O)NC(C)(C)C)c1. The number of carbonyl (C=O) groups excluding carboxylic acids is 1. The maximum Gasteiger partial charge on any atom is 0.233 e. The highest BCUT2D eigenvalue weighted by atomic mass is 32.2. The van der Waals surface area contributed by atoms with E-state index in [1.165, 1.54) is 22.9 Å². The number of rotatable bonds is 4. The van der Waals surface area contributed by atoms with Gasteiger partial charge in [-0.15, -0.1) is 0 Å². The Labute approximate surface area is 142 Å². The summed E-state index contributed by atoms with van der Waals surface area (Å²) in [5, 5.41) is 3.63. The number of aryl methyl sites for hydroxylation is 2. The molecule has 0 aliphatic carbocycles. The van der Waals surface area contributed by atoms with Crippen molar-refractivity contribution in [3.63, 3.8) is 0 Å². The molecule has 1 unspecified atom stereocenters. The van der Waals surface area contributed by atoms with Crippen LogP contribution in [0, 0.1) is 13.8 Å². The van der Waals surface area contributed by atoms with Crippen LogP contribution in [0.3, 0.4) is 0 Å². The summed E-state index contributed by atoms with van der Waals surface area (Å²) < 4.78 is 2.03. The lowest BCUT2D eigenvalue weighted by Crippen LogP contribution is -2.44. The average molecular weight is 331 g/mol. The first-order valence-electron chi connectivity index (χ1n) is 7.76. The second-order valence-corrected chi connectivity index (χ2v) is 8.23. The molecule has 1 amide bonds. The number of hydrogen-bond donors (Lipinski definition) is 1. The summed E-state index contributed by atoms with van der Waals surface area (Å²) in [6.45, 7) is 12.0. The van der Waals surface area contributed by atoms with Gasteiger partial charge in [-0.3, -0.25) is 9.36 Å². The first-order chi connectivity index (χ1) is 10.7. The standard InChI is InChI=1S/C18H25N3OS/c1-12-9-13(2)11-15(10-12)21-8-7-19-17(21)23-14(3)16(22)20-18(4,5)6/h7-11,14H,1-6H3,(H,20,22). The number of carbonyl (C=O) groups is 1. The zero-order valence-corrected chi connectivity index (χ0v) is 15.5. The summed E-state index contributed by atoms with van der Waals surface area (Å²) in [6, 6.07) is 6.39. The number of nitrogens with zero attached hydrogens (tertiary/aromatic N) is 2. The molecule has 1 N–H and O–H groups in total. The highest BCUT2D eigenvalue weighted by Crippen LogP contribution is 2.26. The highest BCUT2D eigenvalue weighted by Gasteiger charge is 2.22. The first-order valence-corrected chi connectivity index (χ1v) is 8.64. The summed E-state index contributed by atoms with van der Waals surface area (Å²) >= 11 is 1.47. The van der Waals surface area contributed by atoms with Crippen molar-refractivity contribution in [2.45, 2.75) is 57.5 Å². The minimum atomic E-state index is -0.227. The maximum atomic E-state index is 12.3. The molecule has 0 aliphatic rings. The highest BCUT2D eigenvalue weighted by molar-refractivity contribution is 8.00. The molecular weight excluding hydrogens is 306 g/mol. The van der Waals surface area contributed by atoms with E-state index in [2.05, 4.69) is 42.3 Å². The van der Waals surface area contributed by atoms with E-state index < -0.39 is 0 Å². The van der Waals surface area contributed by atoms with Crippen LogP contribution in [0.5, 0.6) is 0 Å². The number of benzene rings is 1. The van der Waals surface area contributed by atoms with Crippen LogP contribution in [-0.2, 0) is 4.79 Å². The predicted octanol–water partition coefficient (Wildman–Crippen LogP) is 3.88. The summed E-state index contributed by atoms with van der Waals surface area (Å²) in [6.07, 6.45) is 3.71. The molecule has 0 saturated carbocycles. The number of imidazole rings is 1. The van der Waals surface area contributed by atoms with Crippen molar-refractivity contribution in [1.29, 1.82) is 0 Å². The summed E-state index contributed by atoms with van der Waals surface area (Å²) in [4.78, 5) is 16.7. The van der Waals surface area contributed by atoms with Crippen molar-refractivity contribution in [2.24, 2.45) is 0 Å². The van der Waals surface area contributed by atoms with E-state index in [0.717, 1.165) is 10.8 Å². The van der Waals surface area contributed by atoms with Gasteiger partial charge in [0.05, 0.1) is 5.25 Å². The first kappa shape index (κ1) is 17.6. The molecule has 0 radical (unpaired) electrons. The smallest absolute Gasteiger partial charge is 0.233 e. The molecule has 0 spiro atoms. The predicted molar refractivity (Wildman–Crippen MR) is 96.3 cm³/mol. The van der Waals surface area contributed by atoms with Crippen molar-refractivity contribution >= 4 is 17.7 Å².